The van der Waals surface area contributed by atoms with E-state index in [1.807, 2.05) is 0 Å². The van der Waals surface area contributed by atoms with Gasteiger partial charge in [0.2, 0.25) is 5.60 Å². The van der Waals surface area contributed by atoms with Gasteiger partial charge in [0.15, 0.2) is 0 Å². The van der Waals surface area contributed by atoms with E-state index in [9.17, 15) is 41.0 Å². The number of carbonyl (C=O) groups excluding carboxylic acids is 2. The summed E-state index contributed by atoms with van der Waals surface area (Å²) in [5.74, 6) is -5.76. The fourth-order valence-corrected chi connectivity index (χ4v) is 5.21. The first-order valence-corrected chi connectivity index (χ1v) is 14.9. The SMILES string of the molecule is CCCCCCCC/C=C\CCCCCCCC(=O)C1C(C(F)(F)F)=C(CC(O)CO)C=CC1(OC(C)=O)C(F)(F)F. The molecule has 3 atom stereocenters. The molecule has 11 heteroatoms. The molecule has 0 saturated carbocycles. The van der Waals surface area contributed by atoms with Crippen molar-refractivity contribution in [1.29, 1.82) is 0 Å². The Labute approximate surface area is 245 Å². The Morgan fingerprint density at radius 1 is 0.929 bits per heavy atom. The van der Waals surface area contributed by atoms with Gasteiger partial charge in [-0.05, 0) is 43.8 Å². The van der Waals surface area contributed by atoms with Gasteiger partial charge in [-0.25, -0.2) is 0 Å². The van der Waals surface area contributed by atoms with Crippen LogP contribution in [0, 0.1) is 5.92 Å². The summed E-state index contributed by atoms with van der Waals surface area (Å²) in [6.45, 7) is 1.86. The molecule has 3 unspecified atom stereocenters. The number of carbonyl (C=O) groups is 2. The van der Waals surface area contributed by atoms with Crippen molar-refractivity contribution in [3.05, 3.63) is 35.5 Å². The maximum Gasteiger partial charge on any atom is 0.433 e. The Balaban J connectivity index is 2.84. The maximum atomic E-state index is 14.3. The number of ketones is 1. The fourth-order valence-electron chi connectivity index (χ4n) is 5.21. The number of aliphatic hydroxyl groups excluding tert-OH is 2. The second-order valence-electron chi connectivity index (χ2n) is 10.9. The minimum Gasteiger partial charge on any atom is -0.444 e. The summed E-state index contributed by atoms with van der Waals surface area (Å²) in [7, 11) is 0. The Hall–Kier alpha value is -2.14. The zero-order valence-corrected chi connectivity index (χ0v) is 24.7. The molecule has 242 valence electrons. The summed E-state index contributed by atoms with van der Waals surface area (Å²) >= 11 is 0. The van der Waals surface area contributed by atoms with E-state index in [4.69, 9.17) is 5.11 Å². The smallest absolute Gasteiger partial charge is 0.433 e. The molecule has 0 aliphatic heterocycles. The maximum absolute atomic E-state index is 14.3. The zero-order valence-electron chi connectivity index (χ0n) is 24.7. The van der Waals surface area contributed by atoms with E-state index >= 15 is 0 Å². The molecule has 42 heavy (non-hydrogen) atoms. The van der Waals surface area contributed by atoms with Crippen molar-refractivity contribution < 1.29 is 50.9 Å². The molecule has 1 rings (SSSR count). The lowest BCUT2D eigenvalue weighted by Gasteiger charge is -2.42. The van der Waals surface area contributed by atoms with Crippen LogP contribution in [0.4, 0.5) is 26.3 Å². The monoisotopic (exact) mass is 612 g/mol. The van der Waals surface area contributed by atoms with Crippen molar-refractivity contribution in [1.82, 2.24) is 0 Å². The molecule has 1 aliphatic rings. The molecule has 0 aromatic carbocycles. The largest absolute Gasteiger partial charge is 0.444 e. The summed E-state index contributed by atoms with van der Waals surface area (Å²) in [4.78, 5) is 24.8. The normalized spacial score (nSPS) is 20.4. The molecule has 0 aromatic heterocycles. The summed E-state index contributed by atoms with van der Waals surface area (Å²) < 4.78 is 90.2. The van der Waals surface area contributed by atoms with Crippen LogP contribution in [-0.2, 0) is 14.3 Å². The number of aliphatic hydroxyl groups is 2. The quantitative estimate of drug-likeness (QED) is 0.0626. The predicted molar refractivity (Wildman–Crippen MR) is 148 cm³/mol. The first kappa shape index (κ1) is 37.9. The van der Waals surface area contributed by atoms with Crippen LogP contribution in [0.3, 0.4) is 0 Å². The lowest BCUT2D eigenvalue weighted by atomic mass is 9.70. The van der Waals surface area contributed by atoms with Crippen molar-refractivity contribution in [2.45, 2.75) is 134 Å². The summed E-state index contributed by atoms with van der Waals surface area (Å²) in [5.41, 5.74) is -6.45. The molecule has 0 saturated heterocycles. The zero-order chi connectivity index (χ0) is 31.8. The minimum atomic E-state index is -5.55. The molecular weight excluding hydrogens is 566 g/mol. The lowest BCUT2D eigenvalue weighted by Crippen LogP contribution is -2.58. The molecular formula is C31H46F6O5. The summed E-state index contributed by atoms with van der Waals surface area (Å²) in [6.07, 6.45) is 3.07. The highest BCUT2D eigenvalue weighted by atomic mass is 19.4. The van der Waals surface area contributed by atoms with E-state index in [-0.39, 0.29) is 12.5 Å². The van der Waals surface area contributed by atoms with Gasteiger partial charge in [0.25, 0.3) is 0 Å². The Morgan fingerprint density at radius 2 is 1.45 bits per heavy atom. The molecule has 0 aromatic rings. The van der Waals surface area contributed by atoms with Crippen LogP contribution < -0.4 is 0 Å². The molecule has 0 fully saturated rings. The molecule has 0 radical (unpaired) electrons. The highest BCUT2D eigenvalue weighted by molar-refractivity contribution is 5.87. The predicted octanol–water partition coefficient (Wildman–Crippen LogP) is 8.25. The van der Waals surface area contributed by atoms with Gasteiger partial charge in [0.1, 0.15) is 11.7 Å². The third-order valence-corrected chi connectivity index (χ3v) is 7.33. The Morgan fingerprint density at radius 3 is 1.93 bits per heavy atom. The highest BCUT2D eigenvalue weighted by Crippen LogP contribution is 2.52. The summed E-state index contributed by atoms with van der Waals surface area (Å²) in [6, 6.07) is 0. The number of esters is 1. The number of hydrogen-bond acceptors (Lipinski definition) is 5. The van der Waals surface area contributed by atoms with Gasteiger partial charge < -0.3 is 14.9 Å². The van der Waals surface area contributed by atoms with Crippen LogP contribution in [0.1, 0.15) is 110 Å². The van der Waals surface area contributed by atoms with Crippen LogP contribution in [-0.4, -0.2) is 52.6 Å². The second kappa shape index (κ2) is 18.5. The van der Waals surface area contributed by atoms with Crippen molar-refractivity contribution >= 4 is 11.8 Å². The third-order valence-electron chi connectivity index (χ3n) is 7.33. The van der Waals surface area contributed by atoms with E-state index in [0.717, 1.165) is 32.1 Å². The molecule has 0 bridgehead atoms. The van der Waals surface area contributed by atoms with Crippen molar-refractivity contribution in [3.8, 4) is 0 Å². The molecule has 5 nitrogen and oxygen atoms in total. The molecule has 1 aliphatic carbocycles. The fraction of sp³-hybridized carbons (Fsp3) is 0.742. The van der Waals surface area contributed by atoms with E-state index in [1.54, 1.807) is 0 Å². The van der Waals surface area contributed by atoms with Gasteiger partial charge in [-0.2, -0.15) is 26.3 Å². The minimum absolute atomic E-state index is 0.0701. The Kier molecular flexibility index (Phi) is 16.7. The standard InChI is InChI=1S/C31H46F6O5/c1-3-4-5-6-7-8-9-10-11-12-13-14-15-16-17-18-26(41)28-27(30(32,33)34)24(21-25(40)22-38)19-20-29(28,31(35,36)37)42-23(2)39/h10-11,19-20,25,28,38,40H,3-9,12-18,21-22H2,1-2H3/b11-10-. The highest BCUT2D eigenvalue weighted by Gasteiger charge is 2.67. The lowest BCUT2D eigenvalue weighted by molar-refractivity contribution is -0.266. The average molecular weight is 613 g/mol. The topological polar surface area (TPSA) is 83.8 Å². The van der Waals surface area contributed by atoms with Gasteiger partial charge in [-0.3, -0.25) is 9.59 Å². The number of allylic oxidation sites excluding steroid dienone is 3. The van der Waals surface area contributed by atoms with Crippen LogP contribution in [0.15, 0.2) is 35.5 Å². The van der Waals surface area contributed by atoms with Gasteiger partial charge >= 0.3 is 18.3 Å². The number of unbranched alkanes of at least 4 members (excludes halogenated alkanes) is 11. The number of ether oxygens (including phenoxy) is 1. The van der Waals surface area contributed by atoms with Crippen LogP contribution in [0.25, 0.3) is 0 Å². The van der Waals surface area contributed by atoms with Gasteiger partial charge in [-0.1, -0.05) is 76.5 Å². The number of halogens is 6. The van der Waals surface area contributed by atoms with Gasteiger partial charge in [0, 0.05) is 19.8 Å². The first-order chi connectivity index (χ1) is 19.7. The van der Waals surface area contributed by atoms with E-state index in [1.165, 1.54) is 32.1 Å². The van der Waals surface area contributed by atoms with Gasteiger partial charge in [-0.15, -0.1) is 0 Å². The molecule has 0 amide bonds. The van der Waals surface area contributed by atoms with Crippen LogP contribution >= 0.6 is 0 Å². The number of hydrogen-bond donors (Lipinski definition) is 2. The average Bonchev–Trinajstić information content (AvgIpc) is 2.89. The van der Waals surface area contributed by atoms with E-state index in [0.29, 0.717) is 25.8 Å². The van der Waals surface area contributed by atoms with E-state index < -0.39 is 72.3 Å². The second-order valence-corrected chi connectivity index (χ2v) is 10.9. The van der Waals surface area contributed by atoms with Crippen molar-refractivity contribution in [3.63, 3.8) is 0 Å². The van der Waals surface area contributed by atoms with Gasteiger partial charge in [0.05, 0.1) is 18.3 Å². The molecule has 0 heterocycles. The number of Topliss-reactive ketones (excluding diaryl/α,β-unsaturated/α-hetero) is 1. The number of rotatable bonds is 20. The van der Waals surface area contributed by atoms with Crippen molar-refractivity contribution in [2.75, 3.05) is 6.61 Å². The first-order valence-electron chi connectivity index (χ1n) is 14.9. The molecule has 0 spiro atoms. The molecule has 2 N–H and O–H groups in total. The van der Waals surface area contributed by atoms with Crippen molar-refractivity contribution in [2.24, 2.45) is 5.92 Å². The van der Waals surface area contributed by atoms with E-state index in [2.05, 4.69) is 23.8 Å². The van der Waals surface area contributed by atoms with Crippen LogP contribution in [0.2, 0.25) is 0 Å². The summed E-state index contributed by atoms with van der Waals surface area (Å²) in [5, 5.41) is 18.8. The third kappa shape index (κ3) is 12.2. The number of alkyl halides is 6. The Bertz CT molecular complexity index is 922. The van der Waals surface area contributed by atoms with Crippen LogP contribution in [0.5, 0.6) is 0 Å².